The standard InChI is InChI=1S/C32H30N8O3/c1-3-4-15-42-32(41)39-12-9-22(10-13-39)26-6-7-27-31(38-26)30(23(18-33)19-34-27)37-24-5-8-28(21(2)16-24)43-25-11-14-40-29(17-25)35-20-36-40/h5-9,11,14,16-17,19-20H,3-4,10,12-13,15H2,1-2H3,(H,34,37). The van der Waals surface area contributed by atoms with Crippen LogP contribution in [-0.2, 0) is 4.74 Å². The number of fused-ring (bicyclic) bond motifs is 2. The summed E-state index contributed by atoms with van der Waals surface area (Å²) >= 11 is 0. The molecule has 0 spiro atoms. The smallest absolute Gasteiger partial charge is 0.410 e. The zero-order valence-electron chi connectivity index (χ0n) is 23.9. The van der Waals surface area contributed by atoms with Gasteiger partial charge < -0.3 is 19.7 Å². The van der Waals surface area contributed by atoms with E-state index in [4.69, 9.17) is 14.5 Å². The van der Waals surface area contributed by atoms with Crippen LogP contribution in [0.2, 0.25) is 0 Å². The van der Waals surface area contributed by atoms with Gasteiger partial charge in [-0.25, -0.2) is 19.3 Å². The first-order valence-corrected chi connectivity index (χ1v) is 14.2. The van der Waals surface area contributed by atoms with Gasteiger partial charge in [0, 0.05) is 37.2 Å². The number of unbranched alkanes of at least 4 members (excludes halogenated alkanes) is 1. The molecule has 4 aromatic heterocycles. The molecule has 6 rings (SSSR count). The van der Waals surface area contributed by atoms with Gasteiger partial charge in [0.1, 0.15) is 29.4 Å². The number of aryl methyl sites for hydroxylation is 1. The topological polar surface area (TPSA) is 131 Å². The molecule has 11 heteroatoms. The maximum absolute atomic E-state index is 12.4. The quantitative estimate of drug-likeness (QED) is 0.209. The van der Waals surface area contributed by atoms with Gasteiger partial charge in [0.2, 0.25) is 0 Å². The predicted octanol–water partition coefficient (Wildman–Crippen LogP) is 6.41. The molecule has 0 unspecified atom stereocenters. The first kappa shape index (κ1) is 27.7. The summed E-state index contributed by atoms with van der Waals surface area (Å²) in [5.41, 5.74) is 6.44. The number of aromatic nitrogens is 5. The summed E-state index contributed by atoms with van der Waals surface area (Å²) < 4.78 is 13.1. The number of carbonyl (C=O) groups excluding carboxylic acids is 1. The van der Waals surface area contributed by atoms with Crippen molar-refractivity contribution in [2.24, 2.45) is 0 Å². The zero-order valence-corrected chi connectivity index (χ0v) is 23.9. The zero-order chi connectivity index (χ0) is 29.8. The third-order valence-corrected chi connectivity index (χ3v) is 7.28. The number of benzene rings is 1. The van der Waals surface area contributed by atoms with Crippen molar-refractivity contribution in [2.75, 3.05) is 25.0 Å². The van der Waals surface area contributed by atoms with Crippen LogP contribution in [0.5, 0.6) is 11.5 Å². The highest BCUT2D eigenvalue weighted by atomic mass is 16.6. The van der Waals surface area contributed by atoms with E-state index in [-0.39, 0.29) is 6.09 Å². The predicted molar refractivity (Wildman–Crippen MR) is 162 cm³/mol. The van der Waals surface area contributed by atoms with Crippen molar-refractivity contribution in [3.8, 4) is 17.6 Å². The lowest BCUT2D eigenvalue weighted by molar-refractivity contribution is 0.105. The van der Waals surface area contributed by atoms with Crippen molar-refractivity contribution < 1.29 is 14.3 Å². The molecule has 1 aliphatic rings. The molecule has 5 heterocycles. The third kappa shape index (κ3) is 5.94. The summed E-state index contributed by atoms with van der Waals surface area (Å²) in [4.78, 5) is 27.7. The van der Waals surface area contributed by atoms with E-state index in [0.717, 1.165) is 35.4 Å². The van der Waals surface area contributed by atoms with Crippen LogP contribution in [0.3, 0.4) is 0 Å². The SMILES string of the molecule is CCCCOC(=O)N1CC=C(c2ccc3ncc(C#N)c(Nc4ccc(Oc5ccn6ncnc6c5)c(C)c4)c3n2)CC1. The molecule has 1 N–H and O–H groups in total. The summed E-state index contributed by atoms with van der Waals surface area (Å²) in [6.07, 6.45) is 9.06. The minimum absolute atomic E-state index is 0.285. The molecule has 0 saturated carbocycles. The van der Waals surface area contributed by atoms with Crippen LogP contribution in [0.4, 0.5) is 16.2 Å². The van der Waals surface area contributed by atoms with Gasteiger partial charge in [-0.1, -0.05) is 19.4 Å². The average Bonchev–Trinajstić information content (AvgIpc) is 3.50. The van der Waals surface area contributed by atoms with Crippen molar-refractivity contribution in [1.29, 1.82) is 5.26 Å². The monoisotopic (exact) mass is 574 g/mol. The Morgan fingerprint density at radius 2 is 2.07 bits per heavy atom. The van der Waals surface area contributed by atoms with Crippen LogP contribution in [0, 0.1) is 18.3 Å². The molecule has 0 aliphatic carbocycles. The molecule has 5 aromatic rings. The van der Waals surface area contributed by atoms with Crippen LogP contribution in [0.15, 0.2) is 67.3 Å². The van der Waals surface area contributed by atoms with E-state index in [1.807, 2.05) is 55.5 Å². The lowest BCUT2D eigenvalue weighted by Crippen LogP contribution is -2.35. The normalized spacial score (nSPS) is 13.0. The highest BCUT2D eigenvalue weighted by molar-refractivity contribution is 5.93. The van der Waals surface area contributed by atoms with E-state index in [0.29, 0.717) is 65.5 Å². The minimum atomic E-state index is -0.285. The second-order valence-corrected chi connectivity index (χ2v) is 10.2. The fraction of sp³-hybridized carbons (Fsp3) is 0.250. The maximum atomic E-state index is 12.4. The van der Waals surface area contributed by atoms with Crippen molar-refractivity contribution in [1.82, 2.24) is 29.5 Å². The number of hydrogen-bond acceptors (Lipinski definition) is 9. The van der Waals surface area contributed by atoms with Gasteiger partial charge in [-0.3, -0.25) is 4.98 Å². The number of rotatable bonds is 8. The Morgan fingerprint density at radius 3 is 2.86 bits per heavy atom. The number of ether oxygens (including phenoxy) is 2. The fourth-order valence-electron chi connectivity index (χ4n) is 4.89. The summed E-state index contributed by atoms with van der Waals surface area (Å²) in [7, 11) is 0. The summed E-state index contributed by atoms with van der Waals surface area (Å²) in [6.45, 7) is 5.47. The highest BCUT2D eigenvalue weighted by Gasteiger charge is 2.20. The summed E-state index contributed by atoms with van der Waals surface area (Å²) in [6, 6.07) is 15.5. The Kier molecular flexibility index (Phi) is 7.82. The van der Waals surface area contributed by atoms with E-state index in [9.17, 15) is 10.1 Å². The number of pyridine rings is 3. The molecule has 0 radical (unpaired) electrons. The Balaban J connectivity index is 1.23. The molecule has 1 amide bonds. The molecule has 0 bridgehead atoms. The van der Waals surface area contributed by atoms with E-state index < -0.39 is 0 Å². The number of carbonyl (C=O) groups is 1. The number of amides is 1. The summed E-state index contributed by atoms with van der Waals surface area (Å²) in [5, 5.41) is 17.4. The van der Waals surface area contributed by atoms with Gasteiger partial charge in [-0.15, -0.1) is 0 Å². The van der Waals surface area contributed by atoms with Crippen LogP contribution in [0.25, 0.3) is 22.3 Å². The Hall–Kier alpha value is -5.50. The molecule has 0 saturated heterocycles. The van der Waals surface area contributed by atoms with Gasteiger partial charge >= 0.3 is 6.09 Å². The first-order chi connectivity index (χ1) is 21.0. The molecule has 1 aliphatic heterocycles. The molecular formula is C32H30N8O3. The minimum Gasteiger partial charge on any atom is -0.457 e. The van der Waals surface area contributed by atoms with Crippen LogP contribution < -0.4 is 10.1 Å². The molecule has 0 fully saturated rings. The number of hydrogen-bond donors (Lipinski definition) is 1. The van der Waals surface area contributed by atoms with Crippen LogP contribution >= 0.6 is 0 Å². The van der Waals surface area contributed by atoms with Crippen LogP contribution in [0.1, 0.15) is 43.0 Å². The van der Waals surface area contributed by atoms with Gasteiger partial charge in [-0.05, 0) is 67.3 Å². The van der Waals surface area contributed by atoms with E-state index in [2.05, 4.69) is 33.4 Å². The Bertz CT molecular complexity index is 1890. The molecule has 11 nitrogen and oxygen atoms in total. The first-order valence-electron chi connectivity index (χ1n) is 14.2. The maximum Gasteiger partial charge on any atom is 0.410 e. The van der Waals surface area contributed by atoms with Crippen molar-refractivity contribution in [3.63, 3.8) is 0 Å². The molecular weight excluding hydrogens is 544 g/mol. The van der Waals surface area contributed by atoms with E-state index in [1.54, 1.807) is 21.8 Å². The highest BCUT2D eigenvalue weighted by Crippen LogP contribution is 2.33. The molecule has 0 atom stereocenters. The number of nitrogens with one attached hydrogen (secondary N) is 1. The van der Waals surface area contributed by atoms with Crippen molar-refractivity contribution in [2.45, 2.75) is 33.1 Å². The lowest BCUT2D eigenvalue weighted by atomic mass is 10.0. The Morgan fingerprint density at radius 1 is 1.16 bits per heavy atom. The molecule has 1 aromatic carbocycles. The van der Waals surface area contributed by atoms with E-state index >= 15 is 0 Å². The van der Waals surface area contributed by atoms with Crippen molar-refractivity contribution in [3.05, 3.63) is 84.1 Å². The van der Waals surface area contributed by atoms with Gasteiger partial charge in [-0.2, -0.15) is 10.4 Å². The third-order valence-electron chi connectivity index (χ3n) is 7.28. The van der Waals surface area contributed by atoms with Crippen molar-refractivity contribution >= 4 is 39.7 Å². The fourth-order valence-corrected chi connectivity index (χ4v) is 4.89. The summed E-state index contributed by atoms with van der Waals surface area (Å²) in [5.74, 6) is 1.35. The van der Waals surface area contributed by atoms with Gasteiger partial charge in [0.05, 0.1) is 29.1 Å². The number of nitriles is 1. The molecule has 216 valence electrons. The van der Waals surface area contributed by atoms with Crippen LogP contribution in [-0.4, -0.2) is 55.3 Å². The average molecular weight is 575 g/mol. The molecule has 43 heavy (non-hydrogen) atoms. The second-order valence-electron chi connectivity index (χ2n) is 10.2. The van der Waals surface area contributed by atoms with Gasteiger partial charge in [0.15, 0.2) is 5.65 Å². The second kappa shape index (κ2) is 12.2. The van der Waals surface area contributed by atoms with E-state index in [1.165, 1.54) is 6.33 Å². The van der Waals surface area contributed by atoms with Gasteiger partial charge in [0.25, 0.3) is 0 Å². The number of nitrogens with zero attached hydrogens (tertiary/aromatic N) is 7. The Labute approximate surface area is 248 Å². The number of anilines is 2. The lowest BCUT2D eigenvalue weighted by Gasteiger charge is -2.25. The largest absolute Gasteiger partial charge is 0.457 e.